The van der Waals surface area contributed by atoms with Crippen molar-refractivity contribution in [2.45, 2.75) is 57.8 Å². The zero-order valence-electron chi connectivity index (χ0n) is 19.0. The minimum atomic E-state index is -0.164. The number of hydrogen-bond donors (Lipinski definition) is 2. The van der Waals surface area contributed by atoms with E-state index in [2.05, 4.69) is 15.6 Å². The van der Waals surface area contributed by atoms with Gasteiger partial charge >= 0.3 is 0 Å². The molecule has 1 aliphatic heterocycles. The lowest BCUT2D eigenvalue weighted by Gasteiger charge is -2.55. The zero-order valence-corrected chi connectivity index (χ0v) is 19.8. The number of rotatable bonds is 6. The first-order valence-corrected chi connectivity index (χ1v) is 12.8. The lowest BCUT2D eigenvalue weighted by atomic mass is 9.49. The summed E-state index contributed by atoms with van der Waals surface area (Å²) in [5.41, 5.74) is -0.164. The number of aromatic nitrogens is 1. The van der Waals surface area contributed by atoms with Crippen molar-refractivity contribution >= 4 is 35.1 Å². The Kier molecular flexibility index (Phi) is 6.34. The highest BCUT2D eigenvalue weighted by molar-refractivity contribution is 6.30. The summed E-state index contributed by atoms with van der Waals surface area (Å²) >= 11 is 5.83. The predicted molar refractivity (Wildman–Crippen MR) is 125 cm³/mol. The van der Waals surface area contributed by atoms with Gasteiger partial charge in [-0.15, -0.1) is 0 Å². The third-order valence-electron chi connectivity index (χ3n) is 8.34. The summed E-state index contributed by atoms with van der Waals surface area (Å²) in [6, 6.07) is 3.37. The fraction of sp³-hybridized carbons (Fsp3) is 0.680. The molecule has 6 rings (SSSR count). The van der Waals surface area contributed by atoms with Crippen LogP contribution in [0.2, 0.25) is 5.02 Å². The molecule has 1 aromatic rings. The molecule has 8 heteroatoms. The first-order valence-electron chi connectivity index (χ1n) is 12.4. The van der Waals surface area contributed by atoms with E-state index in [-0.39, 0.29) is 29.1 Å². The fourth-order valence-corrected chi connectivity index (χ4v) is 7.20. The summed E-state index contributed by atoms with van der Waals surface area (Å²) in [6.07, 6.45) is 10.2. The van der Waals surface area contributed by atoms with Gasteiger partial charge in [-0.3, -0.25) is 14.4 Å². The SMILES string of the molecule is O=C(Nc1ccc(Cl)cn1)C1CCN(C(=O)CCNC(=O)C23CC4CC(CC(C4)C2)C3)CC1. The summed E-state index contributed by atoms with van der Waals surface area (Å²) in [6.45, 7) is 1.53. The van der Waals surface area contributed by atoms with Gasteiger partial charge in [0.05, 0.1) is 5.02 Å². The number of likely N-dealkylation sites (tertiary alicyclic amines) is 1. The maximum absolute atomic E-state index is 13.0. The fourth-order valence-electron chi connectivity index (χ4n) is 7.09. The summed E-state index contributed by atoms with van der Waals surface area (Å²) < 4.78 is 0. The molecule has 0 radical (unpaired) electrons. The van der Waals surface area contributed by atoms with Crippen molar-refractivity contribution in [1.29, 1.82) is 0 Å². The molecule has 4 aliphatic carbocycles. The Labute approximate surface area is 200 Å². The molecule has 7 nitrogen and oxygen atoms in total. The predicted octanol–water partition coefficient (Wildman–Crippen LogP) is 3.63. The maximum Gasteiger partial charge on any atom is 0.228 e. The Bertz CT molecular complexity index is 875. The second-order valence-corrected chi connectivity index (χ2v) is 11.1. The molecule has 0 atom stereocenters. The number of halogens is 1. The van der Waals surface area contributed by atoms with Crippen LogP contribution >= 0.6 is 11.6 Å². The van der Waals surface area contributed by atoms with Crippen molar-refractivity contribution in [2.24, 2.45) is 29.1 Å². The van der Waals surface area contributed by atoms with Crippen LogP contribution in [-0.4, -0.2) is 47.2 Å². The number of carbonyl (C=O) groups is 3. The molecule has 1 saturated heterocycles. The normalized spacial score (nSPS) is 30.8. The van der Waals surface area contributed by atoms with Gasteiger partial charge in [-0.05, 0) is 81.3 Å². The number of piperidine rings is 1. The molecule has 1 aromatic heterocycles. The highest BCUT2D eigenvalue weighted by Gasteiger charge is 2.54. The Hall–Kier alpha value is -2.15. The Morgan fingerprint density at radius 2 is 1.67 bits per heavy atom. The number of nitrogens with one attached hydrogen (secondary N) is 2. The van der Waals surface area contributed by atoms with Gasteiger partial charge in [0.2, 0.25) is 17.7 Å². The van der Waals surface area contributed by atoms with Gasteiger partial charge in [0.1, 0.15) is 5.82 Å². The molecule has 2 N–H and O–H groups in total. The van der Waals surface area contributed by atoms with Crippen molar-refractivity contribution in [1.82, 2.24) is 15.2 Å². The standard InChI is InChI=1S/C25H33ClN4O3/c26-20-1-2-21(28-15-20)29-23(32)19-4-7-30(8-5-19)22(31)3-6-27-24(33)25-12-16-9-17(13-25)11-18(10-16)14-25/h1-2,15-19H,3-14H2,(H,27,33)(H,28,29,32). The largest absolute Gasteiger partial charge is 0.355 e. The topological polar surface area (TPSA) is 91.4 Å². The molecule has 4 saturated carbocycles. The quantitative estimate of drug-likeness (QED) is 0.661. The van der Waals surface area contributed by atoms with E-state index in [1.165, 1.54) is 25.5 Å². The average molecular weight is 473 g/mol. The molecule has 3 amide bonds. The number of anilines is 1. The number of hydrogen-bond acceptors (Lipinski definition) is 4. The maximum atomic E-state index is 13.0. The van der Waals surface area contributed by atoms with Gasteiger partial charge < -0.3 is 15.5 Å². The molecular formula is C25H33ClN4O3. The van der Waals surface area contributed by atoms with Gasteiger partial charge in [-0.2, -0.15) is 0 Å². The molecule has 5 aliphatic rings. The highest BCUT2D eigenvalue weighted by atomic mass is 35.5. The molecule has 4 bridgehead atoms. The van der Waals surface area contributed by atoms with Crippen LogP contribution in [0.4, 0.5) is 5.82 Å². The molecular weight excluding hydrogens is 440 g/mol. The minimum absolute atomic E-state index is 0.0547. The molecule has 2 heterocycles. The highest BCUT2D eigenvalue weighted by Crippen LogP contribution is 2.60. The lowest BCUT2D eigenvalue weighted by Crippen LogP contribution is -2.54. The van der Waals surface area contributed by atoms with Crippen molar-refractivity contribution in [3.63, 3.8) is 0 Å². The molecule has 178 valence electrons. The number of carbonyl (C=O) groups excluding carboxylic acids is 3. The van der Waals surface area contributed by atoms with Gasteiger partial charge in [0, 0.05) is 43.6 Å². The van der Waals surface area contributed by atoms with Crippen molar-refractivity contribution < 1.29 is 14.4 Å². The van der Waals surface area contributed by atoms with Crippen molar-refractivity contribution in [3.8, 4) is 0 Å². The molecule has 5 fully saturated rings. The third-order valence-corrected chi connectivity index (χ3v) is 8.57. The second-order valence-electron chi connectivity index (χ2n) is 10.7. The van der Waals surface area contributed by atoms with Crippen LogP contribution < -0.4 is 10.6 Å². The van der Waals surface area contributed by atoms with E-state index < -0.39 is 0 Å². The summed E-state index contributed by atoms with van der Waals surface area (Å²) in [5, 5.41) is 6.45. The Morgan fingerprint density at radius 3 is 2.24 bits per heavy atom. The van der Waals surface area contributed by atoms with Crippen molar-refractivity contribution in [2.75, 3.05) is 25.0 Å². The van der Waals surface area contributed by atoms with Crippen LogP contribution in [0.25, 0.3) is 0 Å². The monoisotopic (exact) mass is 472 g/mol. The van der Waals surface area contributed by atoms with E-state index in [1.54, 1.807) is 12.1 Å². The van der Waals surface area contributed by atoms with Gasteiger partial charge in [0.25, 0.3) is 0 Å². The molecule has 33 heavy (non-hydrogen) atoms. The summed E-state index contributed by atoms with van der Waals surface area (Å²) in [5.74, 6) is 2.71. The van der Waals surface area contributed by atoms with E-state index in [0.717, 1.165) is 37.0 Å². The van der Waals surface area contributed by atoms with Gasteiger partial charge in [-0.25, -0.2) is 4.98 Å². The van der Waals surface area contributed by atoms with Gasteiger partial charge in [0.15, 0.2) is 0 Å². The van der Waals surface area contributed by atoms with Crippen LogP contribution in [0.3, 0.4) is 0 Å². The van der Waals surface area contributed by atoms with E-state index in [4.69, 9.17) is 11.6 Å². The number of pyridine rings is 1. The smallest absolute Gasteiger partial charge is 0.228 e. The van der Waals surface area contributed by atoms with Crippen LogP contribution in [0.15, 0.2) is 18.3 Å². The van der Waals surface area contributed by atoms with Crippen molar-refractivity contribution in [3.05, 3.63) is 23.4 Å². The molecule has 0 spiro atoms. The first kappa shape index (κ1) is 22.6. The van der Waals surface area contributed by atoms with Gasteiger partial charge in [-0.1, -0.05) is 11.6 Å². The second kappa shape index (κ2) is 9.24. The number of amides is 3. The van der Waals surface area contributed by atoms with E-state index >= 15 is 0 Å². The van der Waals surface area contributed by atoms with Crippen LogP contribution in [-0.2, 0) is 14.4 Å². The zero-order chi connectivity index (χ0) is 23.0. The Balaban J connectivity index is 1.04. The Morgan fingerprint density at radius 1 is 1.03 bits per heavy atom. The lowest BCUT2D eigenvalue weighted by molar-refractivity contribution is -0.146. The van der Waals surface area contributed by atoms with E-state index in [0.29, 0.717) is 49.7 Å². The van der Waals surface area contributed by atoms with Crippen LogP contribution in [0, 0.1) is 29.1 Å². The minimum Gasteiger partial charge on any atom is -0.355 e. The average Bonchev–Trinajstić information content (AvgIpc) is 2.79. The van der Waals surface area contributed by atoms with Crippen LogP contribution in [0.1, 0.15) is 57.8 Å². The first-order chi connectivity index (χ1) is 15.9. The van der Waals surface area contributed by atoms with E-state index in [1.807, 2.05) is 4.90 Å². The summed E-state index contributed by atoms with van der Waals surface area (Å²) in [7, 11) is 0. The third kappa shape index (κ3) is 4.88. The van der Waals surface area contributed by atoms with Crippen LogP contribution in [0.5, 0.6) is 0 Å². The molecule has 0 aromatic carbocycles. The van der Waals surface area contributed by atoms with E-state index in [9.17, 15) is 14.4 Å². The molecule has 0 unspecified atom stereocenters. The number of nitrogens with zero attached hydrogens (tertiary/aromatic N) is 2. The summed E-state index contributed by atoms with van der Waals surface area (Å²) in [4.78, 5) is 44.2.